The second-order valence-corrected chi connectivity index (χ2v) is 10.0. The zero-order valence-corrected chi connectivity index (χ0v) is 21.6. The molecule has 1 aliphatic carbocycles. The number of rotatable bonds is 4. The van der Waals surface area contributed by atoms with Crippen LogP contribution in [0.15, 0.2) is 23.3 Å². The summed E-state index contributed by atoms with van der Waals surface area (Å²) in [4.78, 5) is 0. The first-order chi connectivity index (χ1) is 21.1. The highest BCUT2D eigenvalue weighted by molar-refractivity contribution is 7.85. The third-order valence-corrected chi connectivity index (χ3v) is 8.06. The van der Waals surface area contributed by atoms with E-state index in [0.29, 0.717) is 0 Å². The van der Waals surface area contributed by atoms with Crippen molar-refractivity contribution in [2.45, 2.75) is 10.8 Å². The fourth-order valence-corrected chi connectivity index (χ4v) is 5.90. The van der Waals surface area contributed by atoms with Gasteiger partial charge in [0.2, 0.25) is 0 Å². The minimum atomic E-state index is -7.32. The fourth-order valence-electron chi connectivity index (χ4n) is 5.30. The molecule has 0 spiro atoms. The number of alkyl halides is 1. The summed E-state index contributed by atoms with van der Waals surface area (Å²) >= 11 is 2.90. The van der Waals surface area contributed by atoms with Crippen molar-refractivity contribution in [3.63, 3.8) is 0 Å². The molecule has 3 aromatic rings. The zero-order chi connectivity index (χ0) is 35.3. The molecule has 0 N–H and O–H groups in total. The quantitative estimate of drug-likeness (QED) is 0.0965. The van der Waals surface area contributed by atoms with Crippen LogP contribution in [0.4, 0.5) is 87.8 Å². The van der Waals surface area contributed by atoms with E-state index in [-0.39, 0.29) is 0 Å². The summed E-state index contributed by atoms with van der Waals surface area (Å²) in [6, 6.07) is 0. The van der Waals surface area contributed by atoms with E-state index in [2.05, 4.69) is 12.6 Å². The van der Waals surface area contributed by atoms with E-state index in [0.717, 1.165) is 0 Å². The van der Waals surface area contributed by atoms with Gasteiger partial charge in [-0.3, -0.25) is 0 Å². The van der Waals surface area contributed by atoms with Gasteiger partial charge in [0.1, 0.15) is 53.0 Å². The van der Waals surface area contributed by atoms with Crippen LogP contribution in [0.25, 0.3) is 0 Å². The van der Waals surface area contributed by atoms with E-state index < -0.39 is 144 Å². The van der Waals surface area contributed by atoms with Gasteiger partial charge < -0.3 is 0 Å². The number of benzene rings is 3. The topological polar surface area (TPSA) is 0 Å². The molecule has 3 aromatic carbocycles. The second-order valence-electron chi connectivity index (χ2n) is 9.29. The third kappa shape index (κ3) is 4.06. The first kappa shape index (κ1) is 35.0. The summed E-state index contributed by atoms with van der Waals surface area (Å²) in [6.45, 7) is 0. The lowest BCUT2D eigenvalue weighted by atomic mass is 9.09. The van der Waals surface area contributed by atoms with Crippen molar-refractivity contribution in [1.82, 2.24) is 0 Å². The minimum absolute atomic E-state index is 2.90. The van der Waals surface area contributed by atoms with E-state index in [4.69, 9.17) is 0 Å². The summed E-state index contributed by atoms with van der Waals surface area (Å²) in [5.74, 6) is -68.0. The average Bonchev–Trinajstić information content (AvgIpc) is 3.03. The highest BCUT2D eigenvalue weighted by Crippen LogP contribution is 2.51. The Morgan fingerprint density at radius 3 is 0.826 bits per heavy atom. The number of thiol groups is 1. The van der Waals surface area contributed by atoms with Crippen LogP contribution in [-0.2, 0) is 0 Å². The molecule has 0 radical (unpaired) electrons. The average molecular weight is 713 g/mol. The van der Waals surface area contributed by atoms with Gasteiger partial charge in [0.05, 0.1) is 0 Å². The normalized spacial score (nSPS) is 19.1. The Morgan fingerprint density at radius 1 is 0.370 bits per heavy atom. The standard InChI is InChI=1S/C24H2BF20S/c26-4-1(5(27)11(33)16(38)10(4)32)25(2-6(28)12(34)17(39)13(35)7(2)29,3-8(30)14(36)18(40)15(37)9(3)31)24(46)22(44)20(42)19(41)21(43)23(24)45/h22,46H/q-1. The summed E-state index contributed by atoms with van der Waals surface area (Å²) in [7, 11) is 0. The maximum atomic E-state index is 15.8. The van der Waals surface area contributed by atoms with Crippen LogP contribution in [0.1, 0.15) is 0 Å². The van der Waals surface area contributed by atoms with Crippen LogP contribution in [0, 0.1) is 87.3 Å². The lowest BCUT2D eigenvalue weighted by molar-refractivity contribution is 0.261. The van der Waals surface area contributed by atoms with Gasteiger partial charge in [-0.15, -0.1) is 16.4 Å². The van der Waals surface area contributed by atoms with Gasteiger partial charge in [-0.2, -0.15) is 0 Å². The van der Waals surface area contributed by atoms with Crippen molar-refractivity contribution in [1.29, 1.82) is 0 Å². The molecule has 0 fully saturated rings. The van der Waals surface area contributed by atoms with Crippen molar-refractivity contribution in [3.05, 3.63) is 111 Å². The molecule has 46 heavy (non-hydrogen) atoms. The number of hydrogen-bond donors (Lipinski definition) is 1. The molecular weight excluding hydrogens is 711 g/mol. The Kier molecular flexibility index (Phi) is 8.49. The Morgan fingerprint density at radius 2 is 0.587 bits per heavy atom. The minimum Gasteiger partial charge on any atom is -0.241 e. The van der Waals surface area contributed by atoms with Crippen molar-refractivity contribution in [3.8, 4) is 0 Å². The molecule has 2 atom stereocenters. The Balaban J connectivity index is 2.66. The van der Waals surface area contributed by atoms with Crippen LogP contribution in [0.5, 0.6) is 0 Å². The van der Waals surface area contributed by atoms with Gasteiger partial charge in [0.15, 0.2) is 69.8 Å². The molecule has 0 saturated carbocycles. The van der Waals surface area contributed by atoms with Crippen LogP contribution >= 0.6 is 12.6 Å². The van der Waals surface area contributed by atoms with Crippen molar-refractivity contribution < 1.29 is 87.8 Å². The summed E-state index contributed by atoms with van der Waals surface area (Å²) in [5.41, 5.74) is -10.8. The largest absolute Gasteiger partial charge is 0.241 e. The van der Waals surface area contributed by atoms with E-state index in [1.54, 1.807) is 0 Å². The SMILES string of the molecule is FC1=C(F)C(F)C(S)([B-](c2c(F)c(F)c(F)c(F)c2F)(c2c(F)c(F)c(F)c(F)c2F)c2c(F)c(F)c(F)c(F)c2F)C(F)=C1F. The van der Waals surface area contributed by atoms with Gasteiger partial charge >= 0.3 is 0 Å². The summed E-state index contributed by atoms with van der Waals surface area (Å²) in [6.07, 6.45) is -12.3. The van der Waals surface area contributed by atoms with Crippen molar-refractivity contribution in [2.75, 3.05) is 0 Å². The Bertz CT molecular complexity index is 1680. The lowest BCUT2D eigenvalue weighted by Crippen LogP contribution is -2.85. The van der Waals surface area contributed by atoms with Gasteiger partial charge in [-0.25, -0.2) is 100 Å². The first-order valence-electron chi connectivity index (χ1n) is 11.3. The van der Waals surface area contributed by atoms with Crippen LogP contribution in [0.2, 0.25) is 0 Å². The first-order valence-corrected chi connectivity index (χ1v) is 11.7. The van der Waals surface area contributed by atoms with E-state index in [1.165, 1.54) is 0 Å². The highest BCUT2D eigenvalue weighted by atomic mass is 32.1. The predicted octanol–water partition coefficient (Wildman–Crippen LogP) is 7.10. The number of halogens is 20. The zero-order valence-electron chi connectivity index (χ0n) is 20.7. The van der Waals surface area contributed by atoms with E-state index in [9.17, 15) is 52.7 Å². The second kappa shape index (κ2) is 11.1. The van der Waals surface area contributed by atoms with Gasteiger partial charge in [0, 0.05) is 0 Å². The summed E-state index contributed by atoms with van der Waals surface area (Å²) in [5, 5.41) is 0. The maximum absolute atomic E-state index is 15.8. The number of hydrogen-bond acceptors (Lipinski definition) is 1. The molecule has 0 aliphatic heterocycles. The molecule has 0 amide bonds. The fraction of sp³-hybridized carbons (Fsp3) is 0.0833. The van der Waals surface area contributed by atoms with Crippen LogP contribution in [0.3, 0.4) is 0 Å². The third-order valence-electron chi connectivity index (χ3n) is 7.25. The van der Waals surface area contributed by atoms with E-state index >= 15 is 35.1 Å². The molecule has 0 saturated heterocycles. The molecule has 22 heteroatoms. The van der Waals surface area contributed by atoms with E-state index in [1.807, 2.05) is 0 Å². The molecular formula is C24H2BF20S-. The van der Waals surface area contributed by atoms with Gasteiger partial charge in [0.25, 0.3) is 0 Å². The highest BCUT2D eigenvalue weighted by Gasteiger charge is 2.65. The molecule has 4 rings (SSSR count). The molecule has 0 aromatic heterocycles. The molecule has 0 heterocycles. The van der Waals surface area contributed by atoms with Crippen molar-refractivity contribution >= 4 is 35.2 Å². The summed E-state index contributed by atoms with van der Waals surface area (Å²) < 4.78 is 292. The Labute approximate surface area is 244 Å². The smallest absolute Gasteiger partial charge is 0.200 e. The lowest BCUT2D eigenvalue weighted by Gasteiger charge is -2.56. The monoisotopic (exact) mass is 713 g/mol. The molecule has 2 unspecified atom stereocenters. The molecule has 248 valence electrons. The molecule has 1 aliphatic rings. The predicted molar refractivity (Wildman–Crippen MR) is 118 cm³/mol. The maximum Gasteiger partial charge on any atom is 0.200 e. The van der Waals surface area contributed by atoms with Crippen LogP contribution in [-0.4, -0.2) is 17.0 Å². The molecule has 0 bridgehead atoms. The van der Waals surface area contributed by atoms with Crippen LogP contribution < -0.4 is 16.4 Å². The molecule has 0 nitrogen and oxygen atoms in total. The number of allylic oxidation sites excluding steroid dienone is 3. The van der Waals surface area contributed by atoms with Crippen molar-refractivity contribution in [2.24, 2.45) is 0 Å². The van der Waals surface area contributed by atoms with Gasteiger partial charge in [-0.05, 0) is 4.65 Å². The Hall–Kier alpha value is -3.85. The van der Waals surface area contributed by atoms with Gasteiger partial charge in [-0.1, -0.05) is 0 Å².